The molecule has 33 heavy (non-hydrogen) atoms. The van der Waals surface area contributed by atoms with Gasteiger partial charge in [0.05, 0.1) is 0 Å². The molecule has 0 nitrogen and oxygen atoms in total. The van der Waals surface area contributed by atoms with Gasteiger partial charge in [-0.25, -0.2) is 0 Å². The summed E-state index contributed by atoms with van der Waals surface area (Å²) in [5.74, 6) is 0. The highest BCUT2D eigenvalue weighted by Gasteiger charge is 2.08. The first-order valence-corrected chi connectivity index (χ1v) is 12.2. The molecule has 0 radical (unpaired) electrons. The number of benzene rings is 3. The SMILES string of the molecule is C=C/C(=C\C)c1cc(-c2ccc(C)cc2)cc(-c2ccc(CCCC)cc2)c1.C=CC.CC. The number of allylic oxidation sites excluding steroid dienone is 4. The molecule has 0 heterocycles. The summed E-state index contributed by atoms with van der Waals surface area (Å²) in [6.45, 7) is 19.7. The van der Waals surface area contributed by atoms with Crippen molar-refractivity contribution in [3.8, 4) is 22.3 Å². The number of rotatable bonds is 7. The fourth-order valence-corrected chi connectivity index (χ4v) is 3.52. The standard InChI is InChI=1S/C28H30.C3H6.C2H6/c1-5-8-9-22-12-16-25(17-13-22)28-19-26(23(6-2)7-3)18-27(20-28)24-14-10-21(4)11-15-24;1-3-2;1-2/h6-7,10-20H,2,5,8-9H2,1,3-4H3;3H,1H2,2H3;1-2H3/b23-7+;;. The summed E-state index contributed by atoms with van der Waals surface area (Å²) in [6, 6.07) is 24.6. The van der Waals surface area contributed by atoms with Gasteiger partial charge in [0.2, 0.25) is 0 Å². The summed E-state index contributed by atoms with van der Waals surface area (Å²) < 4.78 is 0. The van der Waals surface area contributed by atoms with Crippen molar-refractivity contribution in [3.05, 3.63) is 115 Å². The molecule has 174 valence electrons. The monoisotopic (exact) mass is 438 g/mol. The van der Waals surface area contributed by atoms with Crippen LogP contribution in [0.1, 0.15) is 64.2 Å². The average Bonchev–Trinajstić information content (AvgIpc) is 2.86. The zero-order valence-corrected chi connectivity index (χ0v) is 21.6. The van der Waals surface area contributed by atoms with E-state index >= 15 is 0 Å². The van der Waals surface area contributed by atoms with E-state index in [2.05, 4.69) is 107 Å². The quantitative estimate of drug-likeness (QED) is 0.254. The fraction of sp³-hybridized carbons (Fsp3) is 0.273. The van der Waals surface area contributed by atoms with Gasteiger partial charge < -0.3 is 0 Å². The normalized spacial score (nSPS) is 10.3. The molecule has 0 amide bonds. The second-order valence-electron chi connectivity index (χ2n) is 7.82. The molecule has 0 aliphatic heterocycles. The fourth-order valence-electron chi connectivity index (χ4n) is 3.52. The molecule has 0 saturated heterocycles. The van der Waals surface area contributed by atoms with Crippen molar-refractivity contribution < 1.29 is 0 Å². The van der Waals surface area contributed by atoms with Gasteiger partial charge in [0.25, 0.3) is 0 Å². The van der Waals surface area contributed by atoms with Crippen molar-refractivity contribution in [1.29, 1.82) is 0 Å². The molecule has 0 aliphatic rings. The van der Waals surface area contributed by atoms with Crippen LogP contribution in [0.25, 0.3) is 27.8 Å². The van der Waals surface area contributed by atoms with E-state index in [0.717, 1.165) is 12.0 Å². The van der Waals surface area contributed by atoms with Gasteiger partial charge in [0, 0.05) is 0 Å². The van der Waals surface area contributed by atoms with E-state index in [0.29, 0.717) is 0 Å². The van der Waals surface area contributed by atoms with Gasteiger partial charge in [0.1, 0.15) is 0 Å². The van der Waals surface area contributed by atoms with Gasteiger partial charge in [0.15, 0.2) is 0 Å². The molecule has 0 spiro atoms. The van der Waals surface area contributed by atoms with Crippen LogP contribution in [-0.4, -0.2) is 0 Å². The molecule has 0 aromatic heterocycles. The van der Waals surface area contributed by atoms with E-state index in [9.17, 15) is 0 Å². The highest BCUT2D eigenvalue weighted by atomic mass is 14.1. The lowest BCUT2D eigenvalue weighted by molar-refractivity contribution is 0.795. The van der Waals surface area contributed by atoms with Gasteiger partial charge in [-0.3, -0.25) is 0 Å². The number of hydrogen-bond acceptors (Lipinski definition) is 0. The van der Waals surface area contributed by atoms with Gasteiger partial charge in [-0.15, -0.1) is 6.58 Å². The van der Waals surface area contributed by atoms with E-state index in [4.69, 9.17) is 0 Å². The number of aryl methyl sites for hydroxylation is 2. The Morgan fingerprint density at radius 3 is 1.67 bits per heavy atom. The smallest absolute Gasteiger partial charge is 0.0172 e. The van der Waals surface area contributed by atoms with Crippen LogP contribution in [0.2, 0.25) is 0 Å². The van der Waals surface area contributed by atoms with Crippen molar-refractivity contribution in [2.24, 2.45) is 0 Å². The van der Waals surface area contributed by atoms with E-state index in [-0.39, 0.29) is 0 Å². The third kappa shape index (κ3) is 8.73. The minimum absolute atomic E-state index is 1.16. The largest absolute Gasteiger partial charge is 0.103 e. The first kappa shape index (κ1) is 27.9. The van der Waals surface area contributed by atoms with Gasteiger partial charge in [-0.05, 0) is 90.8 Å². The Hall–Kier alpha value is -3.12. The molecule has 0 heteroatoms. The zero-order chi connectivity index (χ0) is 24.6. The Labute approximate surface area is 203 Å². The first-order valence-electron chi connectivity index (χ1n) is 12.2. The lowest BCUT2D eigenvalue weighted by Crippen LogP contribution is -1.89. The topological polar surface area (TPSA) is 0 Å². The molecule has 0 atom stereocenters. The maximum atomic E-state index is 4.00. The van der Waals surface area contributed by atoms with Gasteiger partial charge in [-0.2, -0.15) is 0 Å². The predicted molar refractivity (Wildman–Crippen MR) is 152 cm³/mol. The molecule has 3 aromatic rings. The van der Waals surface area contributed by atoms with E-state index in [1.54, 1.807) is 6.08 Å². The van der Waals surface area contributed by atoms with Crippen LogP contribution in [0.15, 0.2) is 98.1 Å². The lowest BCUT2D eigenvalue weighted by Gasteiger charge is -2.12. The molecule has 0 aliphatic carbocycles. The second-order valence-corrected chi connectivity index (χ2v) is 7.82. The molecular weight excluding hydrogens is 396 g/mol. The molecule has 0 N–H and O–H groups in total. The summed E-state index contributed by atoms with van der Waals surface area (Å²) in [6.07, 6.45) is 9.45. The van der Waals surface area contributed by atoms with E-state index < -0.39 is 0 Å². The van der Waals surface area contributed by atoms with Crippen LogP contribution in [-0.2, 0) is 6.42 Å². The molecule has 0 unspecified atom stereocenters. The lowest BCUT2D eigenvalue weighted by atomic mass is 9.92. The molecule has 0 fully saturated rings. The molecule has 3 rings (SSSR count). The summed E-state index contributed by atoms with van der Waals surface area (Å²) in [4.78, 5) is 0. The summed E-state index contributed by atoms with van der Waals surface area (Å²) in [5.41, 5.74) is 10.1. The Morgan fingerprint density at radius 2 is 1.24 bits per heavy atom. The maximum Gasteiger partial charge on any atom is -0.0172 e. The minimum atomic E-state index is 1.16. The Bertz CT molecular complexity index is 999. The average molecular weight is 439 g/mol. The first-order chi connectivity index (χ1) is 16.1. The molecule has 0 saturated carbocycles. The van der Waals surface area contributed by atoms with E-state index in [1.165, 1.54) is 51.8 Å². The predicted octanol–water partition coefficient (Wildman–Crippen LogP) is 10.5. The Morgan fingerprint density at radius 1 is 0.758 bits per heavy atom. The van der Waals surface area contributed by atoms with Crippen molar-refractivity contribution in [1.82, 2.24) is 0 Å². The minimum Gasteiger partial charge on any atom is -0.103 e. The molecule has 0 bridgehead atoms. The summed E-state index contributed by atoms with van der Waals surface area (Å²) in [5, 5.41) is 0. The maximum absolute atomic E-state index is 4.00. The van der Waals surface area contributed by atoms with Gasteiger partial charge >= 0.3 is 0 Å². The van der Waals surface area contributed by atoms with Crippen molar-refractivity contribution in [3.63, 3.8) is 0 Å². The van der Waals surface area contributed by atoms with Crippen molar-refractivity contribution >= 4 is 5.57 Å². The summed E-state index contributed by atoms with van der Waals surface area (Å²) in [7, 11) is 0. The Balaban J connectivity index is 0.00000101. The van der Waals surface area contributed by atoms with Crippen LogP contribution in [0.4, 0.5) is 0 Å². The molecule has 3 aromatic carbocycles. The third-order valence-electron chi connectivity index (χ3n) is 5.29. The van der Waals surface area contributed by atoms with Crippen molar-refractivity contribution in [2.45, 2.75) is 60.8 Å². The van der Waals surface area contributed by atoms with Crippen molar-refractivity contribution in [2.75, 3.05) is 0 Å². The van der Waals surface area contributed by atoms with E-state index in [1.807, 2.05) is 26.8 Å². The van der Waals surface area contributed by atoms with Crippen LogP contribution in [0.5, 0.6) is 0 Å². The third-order valence-corrected chi connectivity index (χ3v) is 5.29. The van der Waals surface area contributed by atoms with Crippen LogP contribution in [0, 0.1) is 6.92 Å². The van der Waals surface area contributed by atoms with Crippen LogP contribution < -0.4 is 0 Å². The number of unbranched alkanes of at least 4 members (excludes halogenated alkanes) is 1. The summed E-state index contributed by atoms with van der Waals surface area (Å²) >= 11 is 0. The highest BCUT2D eigenvalue weighted by Crippen LogP contribution is 2.32. The van der Waals surface area contributed by atoms with Crippen LogP contribution >= 0.6 is 0 Å². The number of hydrogen-bond donors (Lipinski definition) is 0. The Kier molecular flexibility index (Phi) is 13.2. The second kappa shape index (κ2) is 15.6. The van der Waals surface area contributed by atoms with Gasteiger partial charge in [-0.1, -0.05) is 106 Å². The van der Waals surface area contributed by atoms with Crippen LogP contribution in [0.3, 0.4) is 0 Å². The molecular formula is C33H42. The zero-order valence-electron chi connectivity index (χ0n) is 21.6. The highest BCUT2D eigenvalue weighted by molar-refractivity contribution is 5.82.